The third-order valence-corrected chi connectivity index (χ3v) is 7.27. The van der Waals surface area contributed by atoms with Crippen LogP contribution in [0, 0.1) is 5.82 Å². The molecule has 8 heteroatoms. The Kier molecular flexibility index (Phi) is 4.95. The van der Waals surface area contributed by atoms with Crippen molar-refractivity contribution in [3.8, 4) is 11.3 Å². The number of carbonyl (C=O) groups is 1. The molecule has 6 rings (SSSR count). The molecule has 0 aliphatic carbocycles. The van der Waals surface area contributed by atoms with Gasteiger partial charge in [-0.25, -0.2) is 14.4 Å². The molecule has 33 heavy (non-hydrogen) atoms. The third kappa shape index (κ3) is 3.80. The van der Waals surface area contributed by atoms with Crippen LogP contribution in [0.2, 0.25) is 0 Å². The second-order valence-corrected chi connectivity index (χ2v) is 9.32. The highest BCUT2D eigenvalue weighted by molar-refractivity contribution is 7.15. The standard InChI is InChI=1S/C25H22FN5OS/c26-18-6-7-20-21(12-18)28-24(27-20)17-8-10-30(11-9-17)23(32)13-19-15-33-25-29-22(14-31(19)25)16-4-2-1-3-5-16/h1-7,12,14-15,17H,8-11,13H2,(H,27,28). The van der Waals surface area contributed by atoms with Crippen molar-refractivity contribution >= 4 is 33.2 Å². The van der Waals surface area contributed by atoms with Gasteiger partial charge in [0.15, 0.2) is 4.96 Å². The van der Waals surface area contributed by atoms with Gasteiger partial charge in [-0.1, -0.05) is 30.3 Å². The molecule has 1 aliphatic heterocycles. The highest BCUT2D eigenvalue weighted by Gasteiger charge is 2.26. The smallest absolute Gasteiger partial charge is 0.228 e. The fourth-order valence-corrected chi connectivity index (χ4v) is 5.44. The highest BCUT2D eigenvalue weighted by Crippen LogP contribution is 2.29. The number of H-pyrrole nitrogens is 1. The van der Waals surface area contributed by atoms with E-state index in [9.17, 15) is 9.18 Å². The molecule has 0 bridgehead atoms. The van der Waals surface area contributed by atoms with Gasteiger partial charge in [0.05, 0.1) is 23.1 Å². The van der Waals surface area contributed by atoms with Crippen LogP contribution in [0.5, 0.6) is 0 Å². The summed E-state index contributed by atoms with van der Waals surface area (Å²) in [6, 6.07) is 14.7. The van der Waals surface area contributed by atoms with Crippen LogP contribution in [0.4, 0.5) is 4.39 Å². The normalized spacial score (nSPS) is 15.0. The van der Waals surface area contributed by atoms with Gasteiger partial charge in [0, 0.05) is 41.8 Å². The Hall–Kier alpha value is -3.52. The van der Waals surface area contributed by atoms with E-state index >= 15 is 0 Å². The number of rotatable bonds is 4. The van der Waals surface area contributed by atoms with Crippen molar-refractivity contribution in [2.45, 2.75) is 25.2 Å². The van der Waals surface area contributed by atoms with Crippen LogP contribution in [0.1, 0.15) is 30.3 Å². The number of nitrogens with zero attached hydrogens (tertiary/aromatic N) is 4. The summed E-state index contributed by atoms with van der Waals surface area (Å²) in [5, 5.41) is 2.02. The van der Waals surface area contributed by atoms with Crippen LogP contribution in [0.15, 0.2) is 60.1 Å². The van der Waals surface area contributed by atoms with Crippen molar-refractivity contribution in [1.29, 1.82) is 0 Å². The van der Waals surface area contributed by atoms with Gasteiger partial charge < -0.3 is 9.88 Å². The zero-order chi connectivity index (χ0) is 22.4. The number of carbonyl (C=O) groups excluding carboxylic acids is 1. The lowest BCUT2D eigenvalue weighted by Crippen LogP contribution is -2.39. The van der Waals surface area contributed by atoms with E-state index in [4.69, 9.17) is 4.98 Å². The van der Waals surface area contributed by atoms with E-state index in [1.165, 1.54) is 12.1 Å². The molecule has 3 aromatic heterocycles. The fraction of sp³-hybridized carbons (Fsp3) is 0.240. The Bertz CT molecular complexity index is 1450. The Labute approximate surface area is 193 Å². The summed E-state index contributed by atoms with van der Waals surface area (Å²) in [7, 11) is 0. The SMILES string of the molecule is O=C(Cc1csc2nc(-c3ccccc3)cn12)N1CCC(c2nc3ccc(F)cc3[nH]2)CC1. The number of likely N-dealkylation sites (tertiary alicyclic amines) is 1. The molecular formula is C25H22FN5OS. The first-order valence-electron chi connectivity index (χ1n) is 11.1. The maximum atomic E-state index is 13.5. The van der Waals surface area contributed by atoms with Gasteiger partial charge in [-0.3, -0.25) is 9.20 Å². The predicted octanol–water partition coefficient (Wildman–Crippen LogP) is 5.03. The van der Waals surface area contributed by atoms with E-state index in [2.05, 4.69) is 9.97 Å². The first kappa shape index (κ1) is 20.1. The summed E-state index contributed by atoms with van der Waals surface area (Å²) < 4.78 is 15.5. The number of fused-ring (bicyclic) bond motifs is 2. The number of hydrogen-bond donors (Lipinski definition) is 1. The molecule has 1 aliphatic rings. The molecule has 1 amide bonds. The van der Waals surface area contributed by atoms with Crippen molar-refractivity contribution in [3.63, 3.8) is 0 Å². The van der Waals surface area contributed by atoms with Gasteiger partial charge >= 0.3 is 0 Å². The number of aromatic amines is 1. The van der Waals surface area contributed by atoms with Crippen molar-refractivity contribution in [1.82, 2.24) is 24.3 Å². The monoisotopic (exact) mass is 459 g/mol. The molecular weight excluding hydrogens is 437 g/mol. The van der Waals surface area contributed by atoms with Crippen LogP contribution >= 0.6 is 11.3 Å². The molecule has 6 nitrogen and oxygen atoms in total. The van der Waals surface area contributed by atoms with Crippen LogP contribution < -0.4 is 0 Å². The van der Waals surface area contributed by atoms with Crippen LogP contribution in [0.3, 0.4) is 0 Å². The van der Waals surface area contributed by atoms with Crippen LogP contribution in [-0.2, 0) is 11.2 Å². The minimum atomic E-state index is -0.269. The number of piperidine rings is 1. The van der Waals surface area contributed by atoms with Crippen molar-refractivity contribution in [2.24, 2.45) is 0 Å². The van der Waals surface area contributed by atoms with Gasteiger partial charge in [-0.05, 0) is 31.0 Å². The first-order valence-corrected chi connectivity index (χ1v) is 12.0. The average molecular weight is 460 g/mol. The molecule has 0 unspecified atom stereocenters. The molecule has 2 aromatic carbocycles. The molecule has 0 atom stereocenters. The quantitative estimate of drug-likeness (QED) is 0.410. The number of halogens is 1. The topological polar surface area (TPSA) is 66.3 Å². The molecule has 0 saturated carbocycles. The van der Waals surface area contributed by atoms with E-state index in [0.29, 0.717) is 19.5 Å². The van der Waals surface area contributed by atoms with E-state index < -0.39 is 0 Å². The van der Waals surface area contributed by atoms with Crippen molar-refractivity contribution < 1.29 is 9.18 Å². The molecule has 1 N–H and O–H groups in total. The Morgan fingerprint density at radius 1 is 1.12 bits per heavy atom. The highest BCUT2D eigenvalue weighted by atomic mass is 32.1. The van der Waals surface area contributed by atoms with Crippen LogP contribution in [-0.4, -0.2) is 43.2 Å². The maximum Gasteiger partial charge on any atom is 0.228 e. The van der Waals surface area contributed by atoms with Gasteiger partial charge in [0.1, 0.15) is 11.6 Å². The summed E-state index contributed by atoms with van der Waals surface area (Å²) >= 11 is 1.56. The van der Waals surface area contributed by atoms with Gasteiger partial charge in [-0.2, -0.15) is 0 Å². The Morgan fingerprint density at radius 2 is 1.94 bits per heavy atom. The first-order chi connectivity index (χ1) is 16.1. The second kappa shape index (κ2) is 8.12. The second-order valence-electron chi connectivity index (χ2n) is 8.49. The number of thiazole rings is 1. The zero-order valence-corrected chi connectivity index (χ0v) is 18.7. The number of aromatic nitrogens is 4. The van der Waals surface area contributed by atoms with Gasteiger partial charge in [-0.15, -0.1) is 11.3 Å². The number of hydrogen-bond acceptors (Lipinski definition) is 4. The molecule has 5 aromatic rings. The van der Waals surface area contributed by atoms with Gasteiger partial charge in [0.25, 0.3) is 0 Å². The minimum absolute atomic E-state index is 0.134. The lowest BCUT2D eigenvalue weighted by atomic mass is 9.96. The maximum absolute atomic E-state index is 13.5. The van der Waals surface area contributed by atoms with Crippen molar-refractivity contribution in [3.05, 3.63) is 77.4 Å². The van der Waals surface area contributed by atoms with E-state index in [1.54, 1.807) is 17.4 Å². The van der Waals surface area contributed by atoms with Gasteiger partial charge in [0.2, 0.25) is 5.91 Å². The summed E-state index contributed by atoms with van der Waals surface area (Å²) in [6.45, 7) is 1.39. The lowest BCUT2D eigenvalue weighted by Gasteiger charge is -2.31. The summed E-state index contributed by atoms with van der Waals surface area (Å²) in [6.07, 6.45) is 4.06. The lowest BCUT2D eigenvalue weighted by molar-refractivity contribution is -0.131. The summed E-state index contributed by atoms with van der Waals surface area (Å²) in [4.78, 5) is 28.5. The van der Waals surface area contributed by atoms with E-state index in [-0.39, 0.29) is 17.6 Å². The number of imidazole rings is 2. The van der Waals surface area contributed by atoms with Crippen LogP contribution in [0.25, 0.3) is 27.3 Å². The molecule has 1 saturated heterocycles. The molecule has 166 valence electrons. The minimum Gasteiger partial charge on any atom is -0.342 e. The number of nitrogens with one attached hydrogen (secondary N) is 1. The van der Waals surface area contributed by atoms with E-state index in [1.807, 2.05) is 51.2 Å². The molecule has 0 spiro atoms. The predicted molar refractivity (Wildman–Crippen MR) is 127 cm³/mol. The molecule has 0 radical (unpaired) electrons. The average Bonchev–Trinajstić information content (AvgIpc) is 3.55. The number of benzene rings is 2. The zero-order valence-electron chi connectivity index (χ0n) is 17.9. The Morgan fingerprint density at radius 3 is 2.76 bits per heavy atom. The van der Waals surface area contributed by atoms with E-state index in [0.717, 1.165) is 51.6 Å². The Balaban J connectivity index is 1.13. The third-order valence-electron chi connectivity index (χ3n) is 6.38. The largest absolute Gasteiger partial charge is 0.342 e. The molecule has 1 fully saturated rings. The molecule has 4 heterocycles. The number of amides is 1. The summed E-state index contributed by atoms with van der Waals surface area (Å²) in [5.41, 5.74) is 4.46. The fourth-order valence-electron chi connectivity index (χ4n) is 4.57. The summed E-state index contributed by atoms with van der Waals surface area (Å²) in [5.74, 6) is 0.998. The van der Waals surface area contributed by atoms with Crippen molar-refractivity contribution in [2.75, 3.05) is 13.1 Å².